The van der Waals surface area contributed by atoms with Gasteiger partial charge in [-0.25, -0.2) is 0 Å². The fourth-order valence-corrected chi connectivity index (χ4v) is 3.05. The molecule has 146 valence electrons. The molecule has 4 N–H and O–H groups in total. The average Bonchev–Trinajstić information content (AvgIpc) is 2.63. The van der Waals surface area contributed by atoms with Gasteiger partial charge in [-0.3, -0.25) is 4.79 Å². The van der Waals surface area contributed by atoms with Crippen molar-refractivity contribution in [2.75, 3.05) is 7.11 Å². The topological polar surface area (TPSA) is 120 Å². The minimum absolute atomic E-state index is 0.00588. The Morgan fingerprint density at radius 1 is 1.07 bits per heavy atom. The monoisotopic (exact) mass is 384 g/mol. The molecular formula is C21H20O7. The summed E-state index contributed by atoms with van der Waals surface area (Å²) in [6.07, 6.45) is 2.73. The van der Waals surface area contributed by atoms with E-state index >= 15 is 0 Å². The first-order valence-electron chi connectivity index (χ1n) is 8.37. The molecule has 28 heavy (non-hydrogen) atoms. The Hall–Kier alpha value is -3.61. The minimum atomic E-state index is -0.657. The SMILES string of the molecule is C=CC(C)(C)c1cc(-c2coc3cc(O)cc(O)c3c2=O)c(O)c(O)c1OC. The zero-order valence-corrected chi connectivity index (χ0v) is 15.6. The zero-order valence-electron chi connectivity index (χ0n) is 15.6. The second-order valence-corrected chi connectivity index (χ2v) is 6.94. The molecule has 0 unspecified atom stereocenters. The number of ether oxygens (including phenoxy) is 1. The molecule has 0 atom stereocenters. The number of allylic oxidation sites excluding steroid dienone is 1. The van der Waals surface area contributed by atoms with Crippen LogP contribution in [0.1, 0.15) is 19.4 Å². The molecule has 0 aliphatic carbocycles. The molecule has 0 fully saturated rings. The van der Waals surface area contributed by atoms with Gasteiger partial charge in [0.05, 0.1) is 12.7 Å². The van der Waals surface area contributed by atoms with Crippen molar-refractivity contribution in [2.45, 2.75) is 19.3 Å². The molecule has 7 nitrogen and oxygen atoms in total. The van der Waals surface area contributed by atoms with Gasteiger partial charge in [0.25, 0.3) is 0 Å². The summed E-state index contributed by atoms with van der Waals surface area (Å²) in [6, 6.07) is 3.71. The van der Waals surface area contributed by atoms with Crippen molar-refractivity contribution in [3.63, 3.8) is 0 Å². The molecule has 1 aromatic heterocycles. The fourth-order valence-electron chi connectivity index (χ4n) is 3.05. The molecule has 0 aliphatic heterocycles. The molecule has 1 heterocycles. The van der Waals surface area contributed by atoms with Gasteiger partial charge in [0, 0.05) is 28.7 Å². The highest BCUT2D eigenvalue weighted by molar-refractivity contribution is 5.89. The number of hydrogen-bond donors (Lipinski definition) is 4. The lowest BCUT2D eigenvalue weighted by Crippen LogP contribution is -2.15. The molecule has 0 amide bonds. The first-order valence-corrected chi connectivity index (χ1v) is 8.37. The maximum atomic E-state index is 13.0. The number of phenols is 4. The molecule has 0 aliphatic rings. The van der Waals surface area contributed by atoms with Crippen molar-refractivity contribution < 1.29 is 29.6 Å². The van der Waals surface area contributed by atoms with Crippen LogP contribution in [-0.2, 0) is 5.41 Å². The lowest BCUT2D eigenvalue weighted by Gasteiger charge is -2.25. The third-order valence-electron chi connectivity index (χ3n) is 4.77. The molecule has 0 spiro atoms. The molecule has 3 aromatic rings. The van der Waals surface area contributed by atoms with E-state index in [1.807, 2.05) is 13.8 Å². The van der Waals surface area contributed by atoms with E-state index < -0.39 is 28.1 Å². The van der Waals surface area contributed by atoms with E-state index in [-0.39, 0.29) is 33.6 Å². The highest BCUT2D eigenvalue weighted by Crippen LogP contribution is 2.48. The van der Waals surface area contributed by atoms with Gasteiger partial charge in [-0.1, -0.05) is 19.9 Å². The number of fused-ring (bicyclic) bond motifs is 1. The molecule has 0 bridgehead atoms. The zero-order chi connectivity index (χ0) is 20.8. The van der Waals surface area contributed by atoms with Gasteiger partial charge in [-0.2, -0.15) is 0 Å². The summed E-state index contributed by atoms with van der Waals surface area (Å²) in [4.78, 5) is 13.0. The van der Waals surface area contributed by atoms with Crippen molar-refractivity contribution in [1.29, 1.82) is 0 Å². The van der Waals surface area contributed by atoms with E-state index in [9.17, 15) is 25.2 Å². The van der Waals surface area contributed by atoms with Crippen LogP contribution in [-0.4, -0.2) is 27.5 Å². The van der Waals surface area contributed by atoms with Gasteiger partial charge in [-0.15, -0.1) is 6.58 Å². The van der Waals surface area contributed by atoms with Crippen LogP contribution in [0.3, 0.4) is 0 Å². The lowest BCUT2D eigenvalue weighted by atomic mass is 9.82. The Labute approximate surface area is 160 Å². The normalized spacial score (nSPS) is 11.5. The highest BCUT2D eigenvalue weighted by Gasteiger charge is 2.29. The Morgan fingerprint density at radius 2 is 1.75 bits per heavy atom. The van der Waals surface area contributed by atoms with Gasteiger partial charge < -0.3 is 29.6 Å². The van der Waals surface area contributed by atoms with Crippen LogP contribution in [0.2, 0.25) is 0 Å². The Balaban J connectivity index is 2.41. The summed E-state index contributed by atoms with van der Waals surface area (Å²) in [6.45, 7) is 7.44. The van der Waals surface area contributed by atoms with E-state index in [1.54, 1.807) is 6.08 Å². The van der Waals surface area contributed by atoms with Crippen LogP contribution in [0.5, 0.6) is 28.7 Å². The van der Waals surface area contributed by atoms with Crippen LogP contribution in [0.4, 0.5) is 0 Å². The summed E-state index contributed by atoms with van der Waals surface area (Å²) in [5, 5.41) is 40.4. The Bertz CT molecular complexity index is 1160. The quantitative estimate of drug-likeness (QED) is 0.399. The summed E-state index contributed by atoms with van der Waals surface area (Å²) in [5.74, 6) is -1.76. The van der Waals surface area contributed by atoms with Gasteiger partial charge >= 0.3 is 0 Å². The predicted molar refractivity (Wildman–Crippen MR) is 104 cm³/mol. The smallest absolute Gasteiger partial charge is 0.204 e. The van der Waals surface area contributed by atoms with E-state index in [0.29, 0.717) is 5.56 Å². The van der Waals surface area contributed by atoms with Crippen molar-refractivity contribution in [1.82, 2.24) is 0 Å². The second-order valence-electron chi connectivity index (χ2n) is 6.94. The number of methoxy groups -OCH3 is 1. The fraction of sp³-hybridized carbons (Fsp3) is 0.190. The highest BCUT2D eigenvalue weighted by atomic mass is 16.5. The largest absolute Gasteiger partial charge is 0.508 e. The van der Waals surface area contributed by atoms with E-state index in [2.05, 4.69) is 6.58 Å². The first kappa shape index (κ1) is 19.2. The van der Waals surface area contributed by atoms with Gasteiger partial charge in [-0.05, 0) is 6.07 Å². The van der Waals surface area contributed by atoms with Crippen LogP contribution in [0.15, 0.2) is 46.3 Å². The molecule has 3 rings (SSSR count). The molecule has 2 aromatic carbocycles. The van der Waals surface area contributed by atoms with E-state index in [0.717, 1.165) is 12.3 Å². The van der Waals surface area contributed by atoms with Crippen LogP contribution >= 0.6 is 0 Å². The van der Waals surface area contributed by atoms with Gasteiger partial charge in [0.1, 0.15) is 28.7 Å². The Morgan fingerprint density at radius 3 is 2.36 bits per heavy atom. The second kappa shape index (κ2) is 6.53. The predicted octanol–water partition coefficient (Wildman–Crippen LogP) is 3.75. The standard InChI is InChI=1S/C21H20O7/c1-5-21(2,3)13-8-11(18(25)19(26)20(13)27-4)12-9-28-15-7-10(22)6-14(23)16(15)17(12)24/h5-9,22-23,25-26H,1H2,2-4H3. The van der Waals surface area contributed by atoms with Crippen LogP contribution in [0, 0.1) is 0 Å². The Kier molecular flexibility index (Phi) is 4.47. The van der Waals surface area contributed by atoms with Crippen molar-refractivity contribution in [2.24, 2.45) is 0 Å². The summed E-state index contributed by atoms with van der Waals surface area (Å²) in [7, 11) is 1.35. The van der Waals surface area contributed by atoms with Gasteiger partial charge in [0.15, 0.2) is 11.5 Å². The number of benzene rings is 2. The van der Waals surface area contributed by atoms with E-state index in [4.69, 9.17) is 9.15 Å². The lowest BCUT2D eigenvalue weighted by molar-refractivity contribution is 0.344. The average molecular weight is 384 g/mol. The number of hydrogen-bond acceptors (Lipinski definition) is 7. The summed E-state index contributed by atoms with van der Waals surface area (Å²) >= 11 is 0. The van der Waals surface area contributed by atoms with Crippen LogP contribution in [0.25, 0.3) is 22.1 Å². The van der Waals surface area contributed by atoms with Crippen molar-refractivity contribution in [3.8, 4) is 39.9 Å². The summed E-state index contributed by atoms with van der Waals surface area (Å²) in [5.41, 5.74) is -0.895. The number of phenolic OH excluding ortho intramolecular Hbond substituents is 4. The molecule has 0 saturated heterocycles. The molecule has 0 radical (unpaired) electrons. The molecule has 7 heteroatoms. The molecular weight excluding hydrogens is 364 g/mol. The number of rotatable bonds is 4. The molecule has 0 saturated carbocycles. The van der Waals surface area contributed by atoms with E-state index in [1.165, 1.54) is 19.2 Å². The van der Waals surface area contributed by atoms with Crippen LogP contribution < -0.4 is 10.2 Å². The number of aromatic hydroxyl groups is 4. The first-order chi connectivity index (χ1) is 13.1. The minimum Gasteiger partial charge on any atom is -0.508 e. The third-order valence-corrected chi connectivity index (χ3v) is 4.77. The van der Waals surface area contributed by atoms with Gasteiger partial charge in [0.2, 0.25) is 11.2 Å². The van der Waals surface area contributed by atoms with Crippen molar-refractivity contribution in [3.05, 3.63) is 52.9 Å². The third kappa shape index (κ3) is 2.81. The maximum Gasteiger partial charge on any atom is 0.204 e. The summed E-state index contributed by atoms with van der Waals surface area (Å²) < 4.78 is 10.6. The van der Waals surface area contributed by atoms with Crippen molar-refractivity contribution >= 4 is 11.0 Å². The maximum absolute atomic E-state index is 13.0.